The Morgan fingerprint density at radius 1 is 1.04 bits per heavy atom. The maximum Gasteiger partial charge on any atom is 0.245 e. The number of halogens is 1. The van der Waals surface area contributed by atoms with E-state index in [0.717, 1.165) is 22.0 Å². The van der Waals surface area contributed by atoms with Gasteiger partial charge in [-0.1, -0.05) is 29.8 Å². The summed E-state index contributed by atoms with van der Waals surface area (Å²) in [5.41, 5.74) is 2.87. The number of aromatic nitrogens is 3. The maximum atomic E-state index is 13.4. The molecule has 140 valence electrons. The minimum absolute atomic E-state index is 0.229. The van der Waals surface area contributed by atoms with E-state index in [-0.39, 0.29) is 11.4 Å². The van der Waals surface area contributed by atoms with E-state index in [0.29, 0.717) is 29.2 Å². The third kappa shape index (κ3) is 2.83. The van der Waals surface area contributed by atoms with E-state index in [4.69, 9.17) is 11.6 Å². The Labute approximate surface area is 166 Å². The van der Waals surface area contributed by atoms with Gasteiger partial charge in [-0.15, -0.1) is 0 Å². The number of fused-ring (bicyclic) bond motifs is 3. The summed E-state index contributed by atoms with van der Waals surface area (Å²) in [6.07, 6.45) is 3.71. The highest BCUT2D eigenvalue weighted by molar-refractivity contribution is 7.89. The normalized spacial score (nSPS) is 15.0. The van der Waals surface area contributed by atoms with Crippen molar-refractivity contribution in [1.82, 2.24) is 19.3 Å². The molecule has 0 amide bonds. The highest BCUT2D eigenvalue weighted by Gasteiger charge is 2.30. The molecule has 0 atom stereocenters. The highest BCUT2D eigenvalue weighted by atomic mass is 35.5. The second kappa shape index (κ2) is 6.48. The number of nitrogens with zero attached hydrogens (tertiary/aromatic N) is 4. The summed E-state index contributed by atoms with van der Waals surface area (Å²) >= 11 is 6.04. The average molecular weight is 411 g/mol. The fourth-order valence-electron chi connectivity index (χ4n) is 3.60. The zero-order valence-corrected chi connectivity index (χ0v) is 16.3. The second-order valence-corrected chi connectivity index (χ2v) is 9.06. The number of para-hydroxylation sites is 1. The van der Waals surface area contributed by atoms with Crippen molar-refractivity contribution in [3.63, 3.8) is 0 Å². The molecule has 6 nitrogen and oxygen atoms in total. The van der Waals surface area contributed by atoms with Gasteiger partial charge in [0.05, 0.1) is 10.5 Å². The van der Waals surface area contributed by atoms with E-state index in [9.17, 15) is 8.42 Å². The molecule has 4 aromatic rings. The summed E-state index contributed by atoms with van der Waals surface area (Å²) in [7, 11) is -3.69. The Morgan fingerprint density at radius 2 is 1.89 bits per heavy atom. The summed E-state index contributed by atoms with van der Waals surface area (Å²) in [4.78, 5) is 13.4. The first-order valence-electron chi connectivity index (χ1n) is 8.80. The Morgan fingerprint density at radius 3 is 2.79 bits per heavy atom. The topological polar surface area (TPSA) is 76.1 Å². The van der Waals surface area contributed by atoms with Crippen molar-refractivity contribution >= 4 is 43.6 Å². The van der Waals surface area contributed by atoms with Gasteiger partial charge in [-0.2, -0.15) is 4.31 Å². The van der Waals surface area contributed by atoms with Crippen LogP contribution in [-0.4, -0.2) is 34.2 Å². The summed E-state index contributed by atoms with van der Waals surface area (Å²) in [6, 6.07) is 12.6. The first kappa shape index (κ1) is 17.5. The van der Waals surface area contributed by atoms with Crippen LogP contribution < -0.4 is 0 Å². The van der Waals surface area contributed by atoms with Crippen LogP contribution in [0, 0.1) is 0 Å². The van der Waals surface area contributed by atoms with Gasteiger partial charge in [-0.05, 0) is 29.8 Å². The maximum absolute atomic E-state index is 13.4. The minimum Gasteiger partial charge on any atom is -0.255 e. The highest BCUT2D eigenvalue weighted by Crippen LogP contribution is 2.29. The number of benzene rings is 1. The van der Waals surface area contributed by atoms with Crippen LogP contribution >= 0.6 is 11.6 Å². The molecule has 0 N–H and O–H groups in total. The van der Waals surface area contributed by atoms with Crippen LogP contribution in [0.5, 0.6) is 0 Å². The van der Waals surface area contributed by atoms with Crippen molar-refractivity contribution in [3.8, 4) is 0 Å². The van der Waals surface area contributed by atoms with Crippen LogP contribution in [0.4, 0.5) is 0 Å². The van der Waals surface area contributed by atoms with Gasteiger partial charge in [-0.25, -0.2) is 18.4 Å². The Balaban J connectivity index is 1.58. The standard InChI is InChI=1S/C20H15ClN4O2S/c21-16-10-14-9-15-12-25(8-6-17(15)24-20(14)23-11-16)28(26,27)18-5-1-3-13-4-2-7-22-19(13)18/h1-5,7,9-11H,6,8,12H2. The third-order valence-electron chi connectivity index (χ3n) is 4.96. The molecule has 8 heteroatoms. The smallest absolute Gasteiger partial charge is 0.245 e. The number of pyridine rings is 3. The molecule has 0 spiro atoms. The van der Waals surface area contributed by atoms with E-state index in [1.807, 2.05) is 18.2 Å². The van der Waals surface area contributed by atoms with Gasteiger partial charge in [0.2, 0.25) is 10.0 Å². The van der Waals surface area contributed by atoms with E-state index in [1.165, 1.54) is 4.31 Å². The molecule has 0 saturated heterocycles. The van der Waals surface area contributed by atoms with Crippen molar-refractivity contribution in [2.45, 2.75) is 17.9 Å². The van der Waals surface area contributed by atoms with Crippen LogP contribution in [0.2, 0.25) is 5.02 Å². The Kier molecular flexibility index (Phi) is 4.04. The zero-order valence-electron chi connectivity index (χ0n) is 14.7. The summed E-state index contributed by atoms with van der Waals surface area (Å²) in [5, 5.41) is 2.13. The molecule has 3 aromatic heterocycles. The molecule has 4 heterocycles. The molecule has 0 bridgehead atoms. The fourth-order valence-corrected chi connectivity index (χ4v) is 5.35. The number of hydrogen-bond donors (Lipinski definition) is 0. The van der Waals surface area contributed by atoms with Crippen LogP contribution in [0.25, 0.3) is 21.9 Å². The van der Waals surface area contributed by atoms with Crippen molar-refractivity contribution in [2.24, 2.45) is 0 Å². The third-order valence-corrected chi connectivity index (χ3v) is 7.04. The lowest BCUT2D eigenvalue weighted by molar-refractivity contribution is 0.389. The molecule has 5 rings (SSSR count). The predicted molar refractivity (Wildman–Crippen MR) is 108 cm³/mol. The number of rotatable bonds is 2. The first-order chi connectivity index (χ1) is 13.5. The SMILES string of the molecule is O=S(=O)(c1cccc2cccnc12)N1CCc2nc3ncc(Cl)cc3cc2C1. The van der Waals surface area contributed by atoms with Gasteiger partial charge < -0.3 is 0 Å². The molecular formula is C20H15ClN4O2S. The van der Waals surface area contributed by atoms with E-state index in [1.54, 1.807) is 36.7 Å². The molecule has 1 aliphatic rings. The van der Waals surface area contributed by atoms with Crippen LogP contribution in [0.15, 0.2) is 59.8 Å². The average Bonchev–Trinajstić information content (AvgIpc) is 2.71. The monoisotopic (exact) mass is 410 g/mol. The van der Waals surface area contributed by atoms with Crippen molar-refractivity contribution in [2.75, 3.05) is 6.54 Å². The Hall–Kier alpha value is -2.61. The molecule has 0 aliphatic carbocycles. The minimum atomic E-state index is -3.69. The van der Waals surface area contributed by atoms with Crippen LogP contribution in [0.3, 0.4) is 0 Å². The molecule has 0 saturated carbocycles. The molecule has 0 radical (unpaired) electrons. The quantitative estimate of drug-likeness (QED) is 0.505. The van der Waals surface area contributed by atoms with Gasteiger partial charge in [-0.3, -0.25) is 4.98 Å². The lowest BCUT2D eigenvalue weighted by atomic mass is 10.1. The number of hydrogen-bond acceptors (Lipinski definition) is 5. The van der Waals surface area contributed by atoms with Gasteiger partial charge >= 0.3 is 0 Å². The van der Waals surface area contributed by atoms with Gasteiger partial charge in [0.25, 0.3) is 0 Å². The summed E-state index contributed by atoms with van der Waals surface area (Å²) < 4.78 is 28.2. The van der Waals surface area contributed by atoms with Crippen molar-refractivity contribution in [1.29, 1.82) is 0 Å². The molecule has 28 heavy (non-hydrogen) atoms. The lowest BCUT2D eigenvalue weighted by Crippen LogP contribution is -2.36. The molecule has 1 aromatic carbocycles. The number of sulfonamides is 1. The largest absolute Gasteiger partial charge is 0.255 e. The van der Waals surface area contributed by atoms with Crippen LogP contribution in [0.1, 0.15) is 11.3 Å². The molecular weight excluding hydrogens is 396 g/mol. The lowest BCUT2D eigenvalue weighted by Gasteiger charge is -2.28. The first-order valence-corrected chi connectivity index (χ1v) is 10.6. The zero-order chi connectivity index (χ0) is 19.3. The van der Waals surface area contributed by atoms with Crippen LogP contribution in [-0.2, 0) is 23.0 Å². The van der Waals surface area contributed by atoms with E-state index < -0.39 is 10.0 Å². The fraction of sp³-hybridized carbons (Fsp3) is 0.150. The predicted octanol–water partition coefficient (Wildman–Crippen LogP) is 3.58. The van der Waals surface area contributed by atoms with Gasteiger partial charge in [0.15, 0.2) is 5.65 Å². The summed E-state index contributed by atoms with van der Waals surface area (Å²) in [5.74, 6) is 0. The van der Waals surface area contributed by atoms with Gasteiger partial charge in [0.1, 0.15) is 4.90 Å². The van der Waals surface area contributed by atoms with Crippen molar-refractivity contribution < 1.29 is 8.42 Å². The van der Waals surface area contributed by atoms with E-state index in [2.05, 4.69) is 15.0 Å². The molecule has 1 aliphatic heterocycles. The second-order valence-electron chi connectivity index (χ2n) is 6.71. The Bertz CT molecular complexity index is 1340. The summed E-state index contributed by atoms with van der Waals surface area (Å²) in [6.45, 7) is 0.626. The molecule has 0 fully saturated rings. The van der Waals surface area contributed by atoms with E-state index >= 15 is 0 Å². The van der Waals surface area contributed by atoms with Gasteiger partial charge in [0, 0.05) is 48.4 Å². The molecule has 0 unspecified atom stereocenters. The van der Waals surface area contributed by atoms with Crippen molar-refractivity contribution in [3.05, 3.63) is 71.1 Å².